The first-order valence-electron chi connectivity index (χ1n) is 5.68. The van der Waals surface area contributed by atoms with Crippen LogP contribution >= 0.6 is 0 Å². The number of ketones is 1. The number of aromatic nitrogens is 2. The maximum atomic E-state index is 11.7. The first-order chi connectivity index (χ1) is 8.63. The van der Waals surface area contributed by atoms with Crippen molar-refractivity contribution in [3.63, 3.8) is 0 Å². The number of allylic oxidation sites excluding steroid dienone is 1. The highest BCUT2D eigenvalue weighted by Gasteiger charge is 2.02. The van der Waals surface area contributed by atoms with Crippen LogP contribution < -0.4 is 5.73 Å². The molecule has 0 aliphatic heterocycles. The van der Waals surface area contributed by atoms with Crippen LogP contribution in [0.25, 0.3) is 6.08 Å². The average Bonchev–Trinajstić information content (AvgIpc) is 2.74. The van der Waals surface area contributed by atoms with Gasteiger partial charge in [0, 0.05) is 18.9 Å². The molecule has 0 radical (unpaired) electrons. The van der Waals surface area contributed by atoms with Crippen molar-refractivity contribution in [1.82, 2.24) is 9.78 Å². The van der Waals surface area contributed by atoms with E-state index < -0.39 is 0 Å². The van der Waals surface area contributed by atoms with E-state index >= 15 is 0 Å². The number of benzene rings is 1. The summed E-state index contributed by atoms with van der Waals surface area (Å²) in [4.78, 5) is 11.7. The van der Waals surface area contributed by atoms with Crippen LogP contribution in [-0.4, -0.2) is 15.6 Å². The summed E-state index contributed by atoms with van der Waals surface area (Å²) in [7, 11) is 1.83. The number of carbonyl (C=O) groups is 1. The molecule has 0 saturated heterocycles. The van der Waals surface area contributed by atoms with E-state index in [0.717, 1.165) is 11.3 Å². The molecule has 0 atom stereocenters. The first kappa shape index (κ1) is 12.1. The molecular formula is C14H15N3O. The Labute approximate surface area is 106 Å². The molecule has 0 amide bonds. The summed E-state index contributed by atoms with van der Waals surface area (Å²) in [6.07, 6.45) is 5.50. The van der Waals surface area contributed by atoms with Gasteiger partial charge in [-0.2, -0.15) is 5.10 Å². The second kappa shape index (κ2) is 5.31. The van der Waals surface area contributed by atoms with Gasteiger partial charge in [0.1, 0.15) is 0 Å². The molecule has 2 N–H and O–H groups in total. The Morgan fingerprint density at radius 3 is 2.67 bits per heavy atom. The lowest BCUT2D eigenvalue weighted by Gasteiger charge is -1.95. The van der Waals surface area contributed by atoms with Crippen molar-refractivity contribution in [2.75, 3.05) is 5.73 Å². The Morgan fingerprint density at radius 1 is 1.33 bits per heavy atom. The van der Waals surface area contributed by atoms with Gasteiger partial charge in [-0.25, -0.2) is 0 Å². The molecule has 4 nitrogen and oxygen atoms in total. The monoisotopic (exact) mass is 241 g/mol. The third-order valence-electron chi connectivity index (χ3n) is 2.52. The van der Waals surface area contributed by atoms with Crippen molar-refractivity contribution in [2.45, 2.75) is 6.42 Å². The molecule has 0 aliphatic carbocycles. The molecule has 0 unspecified atom stereocenters. The number of aryl methyl sites for hydroxylation is 1. The molecule has 1 aromatic carbocycles. The summed E-state index contributed by atoms with van der Waals surface area (Å²) < 4.78 is 1.69. The van der Waals surface area contributed by atoms with Gasteiger partial charge < -0.3 is 5.73 Å². The molecule has 0 aliphatic rings. The maximum absolute atomic E-state index is 11.7. The van der Waals surface area contributed by atoms with Crippen LogP contribution in [0.4, 0.5) is 5.69 Å². The zero-order valence-corrected chi connectivity index (χ0v) is 10.2. The van der Waals surface area contributed by atoms with Crippen molar-refractivity contribution >= 4 is 17.5 Å². The zero-order valence-electron chi connectivity index (χ0n) is 10.2. The van der Waals surface area contributed by atoms with Crippen molar-refractivity contribution in [3.8, 4) is 0 Å². The van der Waals surface area contributed by atoms with Gasteiger partial charge in [-0.15, -0.1) is 0 Å². The molecule has 2 rings (SSSR count). The topological polar surface area (TPSA) is 60.9 Å². The third-order valence-corrected chi connectivity index (χ3v) is 2.52. The molecule has 0 bridgehead atoms. The molecule has 0 spiro atoms. The van der Waals surface area contributed by atoms with Crippen LogP contribution in [0.15, 0.2) is 42.6 Å². The van der Waals surface area contributed by atoms with E-state index in [1.54, 1.807) is 16.8 Å². The number of hydrogen-bond acceptors (Lipinski definition) is 3. The summed E-state index contributed by atoms with van der Waals surface area (Å²) in [5.74, 6) is 0.0329. The minimum Gasteiger partial charge on any atom is -0.399 e. The minimum atomic E-state index is 0.0329. The highest BCUT2D eigenvalue weighted by Crippen LogP contribution is 2.07. The molecule has 92 valence electrons. The molecule has 1 aromatic heterocycles. The van der Waals surface area contributed by atoms with Crippen LogP contribution in [0.3, 0.4) is 0 Å². The van der Waals surface area contributed by atoms with Gasteiger partial charge >= 0.3 is 0 Å². The van der Waals surface area contributed by atoms with E-state index in [9.17, 15) is 4.79 Å². The lowest BCUT2D eigenvalue weighted by molar-refractivity contribution is -0.114. The Morgan fingerprint density at radius 2 is 2.06 bits per heavy atom. The summed E-state index contributed by atoms with van der Waals surface area (Å²) >= 11 is 0. The van der Waals surface area contributed by atoms with E-state index in [-0.39, 0.29) is 5.78 Å². The molecule has 0 fully saturated rings. The van der Waals surface area contributed by atoms with Gasteiger partial charge in [0.15, 0.2) is 5.78 Å². The van der Waals surface area contributed by atoms with E-state index in [1.165, 1.54) is 0 Å². The molecule has 4 heteroatoms. The zero-order chi connectivity index (χ0) is 13.0. The van der Waals surface area contributed by atoms with Gasteiger partial charge in [0.25, 0.3) is 0 Å². The van der Waals surface area contributed by atoms with E-state index in [4.69, 9.17) is 5.73 Å². The number of carbonyl (C=O) groups excluding carboxylic acids is 1. The van der Waals surface area contributed by atoms with Crippen molar-refractivity contribution in [1.29, 1.82) is 0 Å². The summed E-state index contributed by atoms with van der Waals surface area (Å²) in [6, 6.07) is 9.21. The predicted octanol–water partition coefficient (Wildman–Crippen LogP) is 1.83. The summed E-state index contributed by atoms with van der Waals surface area (Å²) in [5.41, 5.74) is 8.04. The Balaban J connectivity index is 1.96. The van der Waals surface area contributed by atoms with Crippen LogP contribution in [0.1, 0.15) is 11.3 Å². The number of rotatable bonds is 4. The van der Waals surface area contributed by atoms with Crippen molar-refractivity contribution in [2.24, 2.45) is 7.05 Å². The Hall–Kier alpha value is -2.36. The predicted molar refractivity (Wildman–Crippen MR) is 71.8 cm³/mol. The molecular weight excluding hydrogens is 226 g/mol. The molecule has 1 heterocycles. The fraction of sp³-hybridized carbons (Fsp3) is 0.143. The standard InChI is InChI=1S/C14H15N3O/c1-17-9-8-13(16-17)10-14(18)7-4-11-2-5-12(15)6-3-11/h2-9H,10,15H2,1H3/b7-4+. The number of hydrogen-bond donors (Lipinski definition) is 1. The number of nitrogens with zero attached hydrogens (tertiary/aromatic N) is 2. The summed E-state index contributed by atoms with van der Waals surface area (Å²) in [5, 5.41) is 4.16. The number of nitrogens with two attached hydrogens (primary N) is 1. The Kier molecular flexibility index (Phi) is 3.57. The van der Waals surface area contributed by atoms with Gasteiger partial charge in [0.2, 0.25) is 0 Å². The minimum absolute atomic E-state index is 0.0329. The Bertz CT molecular complexity index is 567. The average molecular weight is 241 g/mol. The van der Waals surface area contributed by atoms with Crippen LogP contribution in [0.2, 0.25) is 0 Å². The fourth-order valence-corrected chi connectivity index (χ4v) is 1.59. The number of nitrogen functional groups attached to an aromatic ring is 1. The second-order valence-corrected chi connectivity index (χ2v) is 4.12. The molecule has 0 saturated carbocycles. The van der Waals surface area contributed by atoms with Crippen LogP contribution in [-0.2, 0) is 18.3 Å². The van der Waals surface area contributed by atoms with E-state index in [0.29, 0.717) is 12.1 Å². The largest absolute Gasteiger partial charge is 0.399 e. The highest BCUT2D eigenvalue weighted by atomic mass is 16.1. The first-order valence-corrected chi connectivity index (χ1v) is 5.68. The third kappa shape index (κ3) is 3.31. The van der Waals surface area contributed by atoms with Gasteiger partial charge in [0.05, 0.1) is 12.1 Å². The van der Waals surface area contributed by atoms with E-state index in [2.05, 4.69) is 5.10 Å². The van der Waals surface area contributed by atoms with Crippen molar-refractivity contribution < 1.29 is 4.79 Å². The molecule has 18 heavy (non-hydrogen) atoms. The van der Waals surface area contributed by atoms with E-state index in [1.807, 2.05) is 43.6 Å². The van der Waals surface area contributed by atoms with Gasteiger partial charge in [-0.1, -0.05) is 18.2 Å². The van der Waals surface area contributed by atoms with Gasteiger partial charge in [-0.3, -0.25) is 9.48 Å². The number of anilines is 1. The highest BCUT2D eigenvalue weighted by molar-refractivity contribution is 5.94. The van der Waals surface area contributed by atoms with Crippen LogP contribution in [0.5, 0.6) is 0 Å². The van der Waals surface area contributed by atoms with Crippen LogP contribution in [0, 0.1) is 0 Å². The molecule has 2 aromatic rings. The lowest BCUT2D eigenvalue weighted by Crippen LogP contribution is -2.00. The lowest BCUT2D eigenvalue weighted by atomic mass is 10.1. The smallest absolute Gasteiger partial charge is 0.161 e. The SMILES string of the molecule is Cn1ccc(CC(=O)/C=C/c2ccc(N)cc2)n1. The quantitative estimate of drug-likeness (QED) is 0.656. The summed E-state index contributed by atoms with van der Waals surface area (Å²) in [6.45, 7) is 0. The second-order valence-electron chi connectivity index (χ2n) is 4.12. The normalized spacial score (nSPS) is 10.9. The van der Waals surface area contributed by atoms with Crippen molar-refractivity contribution in [3.05, 3.63) is 53.9 Å². The van der Waals surface area contributed by atoms with Gasteiger partial charge in [-0.05, 0) is 29.8 Å². The maximum Gasteiger partial charge on any atom is 0.161 e. The fourth-order valence-electron chi connectivity index (χ4n) is 1.59.